The van der Waals surface area contributed by atoms with Gasteiger partial charge >= 0.3 is 0 Å². The third kappa shape index (κ3) is 4.64. The van der Waals surface area contributed by atoms with Gasteiger partial charge < -0.3 is 19.5 Å². The summed E-state index contributed by atoms with van der Waals surface area (Å²) >= 11 is 0. The van der Waals surface area contributed by atoms with Crippen molar-refractivity contribution < 1.29 is 14.3 Å². The lowest BCUT2D eigenvalue weighted by atomic mass is 9.93. The van der Waals surface area contributed by atoms with Gasteiger partial charge in [-0.3, -0.25) is 9.59 Å². The van der Waals surface area contributed by atoms with E-state index in [1.807, 2.05) is 85.1 Å². The van der Waals surface area contributed by atoms with Gasteiger partial charge in [0, 0.05) is 18.3 Å². The number of rotatable bonds is 8. The van der Waals surface area contributed by atoms with Crippen molar-refractivity contribution in [3.05, 3.63) is 78.0 Å². The van der Waals surface area contributed by atoms with Crippen molar-refractivity contribution >= 4 is 11.8 Å². The van der Waals surface area contributed by atoms with Crippen LogP contribution in [-0.2, 0) is 17.8 Å². The van der Waals surface area contributed by atoms with Crippen LogP contribution in [0.25, 0.3) is 11.3 Å². The maximum atomic E-state index is 13.9. The summed E-state index contributed by atoms with van der Waals surface area (Å²) in [7, 11) is 0. The Hall–Kier alpha value is -3.54. The van der Waals surface area contributed by atoms with Crippen LogP contribution in [0, 0.1) is 0 Å². The zero-order chi connectivity index (χ0) is 25.1. The molecule has 1 unspecified atom stereocenters. The van der Waals surface area contributed by atoms with Gasteiger partial charge in [0.05, 0.1) is 13.2 Å². The second-order valence-electron chi connectivity index (χ2n) is 10.1. The quantitative estimate of drug-likeness (QED) is 0.485. The van der Waals surface area contributed by atoms with Crippen molar-refractivity contribution in [1.82, 2.24) is 14.8 Å². The first-order valence-corrected chi connectivity index (χ1v) is 13.1. The third-order valence-corrected chi connectivity index (χ3v) is 7.61. The van der Waals surface area contributed by atoms with Crippen LogP contribution in [-0.4, -0.2) is 46.0 Å². The van der Waals surface area contributed by atoms with Crippen molar-refractivity contribution in [1.29, 1.82) is 0 Å². The Bertz CT molecular complexity index is 1210. The van der Waals surface area contributed by atoms with Gasteiger partial charge in [-0.2, -0.15) is 0 Å². The van der Waals surface area contributed by atoms with Gasteiger partial charge in [0.2, 0.25) is 5.91 Å². The molecular formula is C30H35N3O3. The first-order valence-electron chi connectivity index (χ1n) is 13.1. The molecule has 1 fully saturated rings. The average Bonchev–Trinajstić information content (AvgIpc) is 3.55. The maximum absolute atomic E-state index is 13.9. The number of nitrogens with zero attached hydrogens (tertiary/aromatic N) is 2. The minimum atomic E-state index is -0.986. The zero-order valence-electron chi connectivity index (χ0n) is 21.2. The SMILES string of the molecule is CCOc1ccc(CCN2C(=O)c3ccc(-c4ccccc4)n3CC2(C)C(=O)NC2CCCC2)cc1. The number of fused-ring (bicyclic) bond motifs is 1. The van der Waals surface area contributed by atoms with E-state index >= 15 is 0 Å². The van der Waals surface area contributed by atoms with Gasteiger partial charge in [-0.25, -0.2) is 0 Å². The molecule has 1 saturated carbocycles. The summed E-state index contributed by atoms with van der Waals surface area (Å²) in [5.74, 6) is 0.675. The number of benzene rings is 2. The highest BCUT2D eigenvalue weighted by Gasteiger charge is 2.48. The van der Waals surface area contributed by atoms with E-state index in [9.17, 15) is 9.59 Å². The van der Waals surface area contributed by atoms with E-state index in [0.717, 1.165) is 48.3 Å². The fourth-order valence-electron chi connectivity index (χ4n) is 5.55. The summed E-state index contributed by atoms with van der Waals surface area (Å²) in [5.41, 5.74) is 2.76. The Morgan fingerprint density at radius 3 is 2.39 bits per heavy atom. The normalized spacial score (nSPS) is 19.8. The second kappa shape index (κ2) is 10.2. The number of amides is 2. The average molecular weight is 486 g/mol. The van der Waals surface area contributed by atoms with Crippen molar-refractivity contribution in [3.8, 4) is 17.0 Å². The predicted molar refractivity (Wildman–Crippen MR) is 141 cm³/mol. The number of hydrogen-bond donors (Lipinski definition) is 1. The van der Waals surface area contributed by atoms with Gasteiger partial charge in [-0.1, -0.05) is 55.3 Å². The van der Waals surface area contributed by atoms with E-state index < -0.39 is 5.54 Å². The van der Waals surface area contributed by atoms with Crippen molar-refractivity contribution in [2.45, 2.75) is 64.1 Å². The molecule has 3 aromatic rings. The number of nitrogens with one attached hydrogen (secondary N) is 1. The molecule has 36 heavy (non-hydrogen) atoms. The van der Waals surface area contributed by atoms with E-state index in [4.69, 9.17) is 4.74 Å². The maximum Gasteiger partial charge on any atom is 0.271 e. The van der Waals surface area contributed by atoms with Crippen LogP contribution in [0.4, 0.5) is 0 Å². The van der Waals surface area contributed by atoms with Gasteiger partial charge in [0.1, 0.15) is 17.0 Å². The van der Waals surface area contributed by atoms with Crippen LogP contribution in [0.1, 0.15) is 55.6 Å². The van der Waals surface area contributed by atoms with Crippen molar-refractivity contribution in [2.75, 3.05) is 13.2 Å². The Labute approximate surface area is 213 Å². The molecule has 0 radical (unpaired) electrons. The Balaban J connectivity index is 1.45. The van der Waals surface area contributed by atoms with Crippen LogP contribution < -0.4 is 10.1 Å². The fourth-order valence-corrected chi connectivity index (χ4v) is 5.55. The van der Waals surface area contributed by atoms with Crippen LogP contribution >= 0.6 is 0 Å². The largest absolute Gasteiger partial charge is 0.494 e. The molecule has 1 aromatic heterocycles. The van der Waals surface area contributed by atoms with E-state index in [1.54, 1.807) is 4.90 Å². The standard InChI is InChI=1S/C30H35N3O3/c1-3-36-25-15-13-22(14-16-25)19-20-33-28(34)27-18-17-26(23-9-5-4-6-10-23)32(27)21-30(33,2)29(35)31-24-11-7-8-12-24/h4-6,9-10,13-18,24H,3,7-8,11-12,19-21H2,1-2H3,(H,31,35). The summed E-state index contributed by atoms with van der Waals surface area (Å²) < 4.78 is 7.58. The summed E-state index contributed by atoms with van der Waals surface area (Å²) in [5, 5.41) is 3.28. The molecular weight excluding hydrogens is 450 g/mol. The molecule has 1 aliphatic carbocycles. The molecule has 2 aliphatic rings. The molecule has 0 spiro atoms. The highest BCUT2D eigenvalue weighted by atomic mass is 16.5. The molecule has 0 bridgehead atoms. The second-order valence-corrected chi connectivity index (χ2v) is 10.1. The molecule has 0 saturated heterocycles. The van der Waals surface area contributed by atoms with Crippen LogP contribution in [0.15, 0.2) is 66.7 Å². The Morgan fingerprint density at radius 1 is 1.00 bits per heavy atom. The molecule has 2 aromatic carbocycles. The Morgan fingerprint density at radius 2 is 1.69 bits per heavy atom. The number of carbonyl (C=O) groups is 2. The monoisotopic (exact) mass is 485 g/mol. The topological polar surface area (TPSA) is 63.6 Å². The van der Waals surface area contributed by atoms with E-state index in [2.05, 4.69) is 5.32 Å². The smallest absolute Gasteiger partial charge is 0.271 e. The first kappa shape index (κ1) is 24.2. The third-order valence-electron chi connectivity index (χ3n) is 7.61. The highest BCUT2D eigenvalue weighted by Crippen LogP contribution is 2.34. The molecule has 2 heterocycles. The van der Waals surface area contributed by atoms with E-state index in [0.29, 0.717) is 31.8 Å². The lowest BCUT2D eigenvalue weighted by Gasteiger charge is -2.45. The van der Waals surface area contributed by atoms with Crippen LogP contribution in [0.3, 0.4) is 0 Å². The van der Waals surface area contributed by atoms with Gasteiger partial charge in [-0.15, -0.1) is 0 Å². The highest BCUT2D eigenvalue weighted by molar-refractivity contribution is 6.00. The predicted octanol–water partition coefficient (Wildman–Crippen LogP) is 5.07. The molecule has 1 atom stereocenters. The fraction of sp³-hybridized carbons (Fsp3) is 0.400. The molecule has 6 nitrogen and oxygen atoms in total. The molecule has 188 valence electrons. The minimum Gasteiger partial charge on any atom is -0.494 e. The van der Waals surface area contributed by atoms with Crippen molar-refractivity contribution in [3.63, 3.8) is 0 Å². The number of ether oxygens (including phenoxy) is 1. The molecule has 5 rings (SSSR count). The van der Waals surface area contributed by atoms with Crippen LogP contribution in [0.5, 0.6) is 5.75 Å². The van der Waals surface area contributed by atoms with Crippen molar-refractivity contribution in [2.24, 2.45) is 0 Å². The zero-order valence-corrected chi connectivity index (χ0v) is 21.2. The lowest BCUT2D eigenvalue weighted by Crippen LogP contribution is -2.65. The van der Waals surface area contributed by atoms with Gasteiger partial charge in [0.25, 0.3) is 5.91 Å². The van der Waals surface area contributed by atoms with E-state index in [1.165, 1.54) is 0 Å². The van der Waals surface area contributed by atoms with Crippen LogP contribution in [0.2, 0.25) is 0 Å². The van der Waals surface area contributed by atoms with Gasteiger partial charge in [0.15, 0.2) is 0 Å². The summed E-state index contributed by atoms with van der Waals surface area (Å²) in [4.78, 5) is 29.5. The summed E-state index contributed by atoms with van der Waals surface area (Å²) in [6.07, 6.45) is 4.96. The number of carbonyl (C=O) groups excluding carboxylic acids is 2. The first-order chi connectivity index (χ1) is 17.5. The molecule has 1 aliphatic heterocycles. The molecule has 1 N–H and O–H groups in total. The summed E-state index contributed by atoms with van der Waals surface area (Å²) in [6, 6.07) is 22.1. The van der Waals surface area contributed by atoms with Gasteiger partial charge in [-0.05, 0) is 68.5 Å². The number of aromatic nitrogens is 1. The number of hydrogen-bond acceptors (Lipinski definition) is 3. The molecule has 2 amide bonds. The minimum absolute atomic E-state index is 0.0622. The molecule has 6 heteroatoms. The van der Waals surface area contributed by atoms with E-state index in [-0.39, 0.29) is 17.9 Å². The Kier molecular flexibility index (Phi) is 6.86. The lowest BCUT2D eigenvalue weighted by molar-refractivity contribution is -0.133. The summed E-state index contributed by atoms with van der Waals surface area (Å²) in [6.45, 7) is 5.40.